The lowest BCUT2D eigenvalue weighted by molar-refractivity contribution is -0.144. The fourth-order valence-electron chi connectivity index (χ4n) is 3.93. The molecule has 0 atom stereocenters. The summed E-state index contributed by atoms with van der Waals surface area (Å²) in [5, 5.41) is 3.23. The van der Waals surface area contributed by atoms with Crippen molar-refractivity contribution in [1.82, 2.24) is 9.80 Å². The molecule has 0 radical (unpaired) electrons. The molecule has 0 unspecified atom stereocenters. The highest BCUT2D eigenvalue weighted by molar-refractivity contribution is 6.39. The van der Waals surface area contributed by atoms with Gasteiger partial charge in [-0.15, -0.1) is 0 Å². The highest BCUT2D eigenvalue weighted by Gasteiger charge is 2.30. The maximum absolute atomic E-state index is 12.7. The van der Waals surface area contributed by atoms with E-state index < -0.39 is 11.8 Å². The van der Waals surface area contributed by atoms with E-state index in [9.17, 15) is 9.59 Å². The number of amides is 2. The molecule has 6 heteroatoms. The van der Waals surface area contributed by atoms with Gasteiger partial charge in [-0.05, 0) is 35.4 Å². The Hall–Kier alpha value is -3.15. The van der Waals surface area contributed by atoms with Crippen molar-refractivity contribution in [3.8, 4) is 0 Å². The SMILES string of the molecule is O=C(Nc1ccc(Cl)cc1)C(=O)N1CCN(C(c2ccccc2)c2ccccc2)CC1. The molecule has 1 aliphatic rings. The molecule has 158 valence electrons. The molecular formula is C25H24ClN3O2. The number of piperazine rings is 1. The summed E-state index contributed by atoms with van der Waals surface area (Å²) < 4.78 is 0. The van der Waals surface area contributed by atoms with E-state index in [1.165, 1.54) is 11.1 Å². The number of benzene rings is 3. The van der Waals surface area contributed by atoms with Gasteiger partial charge < -0.3 is 10.2 Å². The summed E-state index contributed by atoms with van der Waals surface area (Å²) in [5.74, 6) is -1.14. The van der Waals surface area contributed by atoms with Crippen LogP contribution >= 0.6 is 11.6 Å². The molecule has 4 rings (SSSR count). The van der Waals surface area contributed by atoms with Crippen molar-refractivity contribution in [2.75, 3.05) is 31.5 Å². The maximum Gasteiger partial charge on any atom is 0.313 e. The molecule has 1 saturated heterocycles. The Bertz CT molecular complexity index is 978. The average Bonchev–Trinajstić information content (AvgIpc) is 2.82. The number of anilines is 1. The Balaban J connectivity index is 1.42. The number of nitrogens with zero attached hydrogens (tertiary/aromatic N) is 2. The van der Waals surface area contributed by atoms with Crippen LogP contribution in [0, 0.1) is 0 Å². The first-order valence-corrected chi connectivity index (χ1v) is 10.7. The molecule has 0 aliphatic carbocycles. The molecule has 1 heterocycles. The van der Waals surface area contributed by atoms with Crippen LogP contribution in [-0.2, 0) is 9.59 Å². The van der Waals surface area contributed by atoms with Gasteiger partial charge in [-0.3, -0.25) is 14.5 Å². The lowest BCUT2D eigenvalue weighted by Crippen LogP contribution is -2.52. The van der Waals surface area contributed by atoms with Crippen molar-refractivity contribution < 1.29 is 9.59 Å². The average molecular weight is 434 g/mol. The van der Waals surface area contributed by atoms with Gasteiger partial charge in [0.25, 0.3) is 0 Å². The third-order valence-corrected chi connectivity index (χ3v) is 5.75. The van der Waals surface area contributed by atoms with Gasteiger partial charge in [0.05, 0.1) is 6.04 Å². The largest absolute Gasteiger partial charge is 0.332 e. The third-order valence-electron chi connectivity index (χ3n) is 5.49. The topological polar surface area (TPSA) is 52.7 Å². The molecule has 2 amide bonds. The molecule has 1 N–H and O–H groups in total. The maximum atomic E-state index is 12.7. The van der Waals surface area contributed by atoms with E-state index in [0.29, 0.717) is 36.9 Å². The van der Waals surface area contributed by atoms with Crippen molar-refractivity contribution in [1.29, 1.82) is 0 Å². The van der Waals surface area contributed by atoms with Crippen LogP contribution in [0.4, 0.5) is 5.69 Å². The number of carbonyl (C=O) groups is 2. The minimum atomic E-state index is -0.626. The molecule has 0 spiro atoms. The zero-order chi connectivity index (χ0) is 21.6. The monoisotopic (exact) mass is 433 g/mol. The number of rotatable bonds is 4. The van der Waals surface area contributed by atoms with Crippen LogP contribution in [0.25, 0.3) is 0 Å². The smallest absolute Gasteiger partial charge is 0.313 e. The molecular weight excluding hydrogens is 410 g/mol. The second-order valence-corrected chi connectivity index (χ2v) is 7.95. The van der Waals surface area contributed by atoms with Gasteiger partial charge in [0, 0.05) is 36.9 Å². The highest BCUT2D eigenvalue weighted by Crippen LogP contribution is 2.29. The van der Waals surface area contributed by atoms with Crippen molar-refractivity contribution in [2.45, 2.75) is 6.04 Å². The lowest BCUT2D eigenvalue weighted by Gasteiger charge is -2.39. The fourth-order valence-corrected chi connectivity index (χ4v) is 4.06. The van der Waals surface area contributed by atoms with Crippen molar-refractivity contribution in [3.05, 3.63) is 101 Å². The number of hydrogen-bond donors (Lipinski definition) is 1. The van der Waals surface area contributed by atoms with E-state index in [4.69, 9.17) is 11.6 Å². The number of carbonyl (C=O) groups excluding carboxylic acids is 2. The molecule has 3 aromatic carbocycles. The Morgan fingerprint density at radius 3 is 1.77 bits per heavy atom. The van der Waals surface area contributed by atoms with Gasteiger partial charge in [-0.1, -0.05) is 72.3 Å². The number of halogens is 1. The predicted molar refractivity (Wildman–Crippen MR) is 123 cm³/mol. The third kappa shape index (κ3) is 5.13. The summed E-state index contributed by atoms with van der Waals surface area (Å²) in [6, 6.07) is 27.6. The normalized spacial score (nSPS) is 14.5. The zero-order valence-corrected chi connectivity index (χ0v) is 17.8. The summed E-state index contributed by atoms with van der Waals surface area (Å²) in [6.07, 6.45) is 0. The second kappa shape index (κ2) is 9.77. The highest BCUT2D eigenvalue weighted by atomic mass is 35.5. The fraction of sp³-hybridized carbons (Fsp3) is 0.200. The molecule has 31 heavy (non-hydrogen) atoms. The number of nitrogens with one attached hydrogen (secondary N) is 1. The van der Waals surface area contributed by atoms with Crippen LogP contribution in [0.1, 0.15) is 17.2 Å². The Morgan fingerprint density at radius 1 is 0.742 bits per heavy atom. The van der Waals surface area contributed by atoms with Crippen LogP contribution < -0.4 is 5.32 Å². The summed E-state index contributed by atoms with van der Waals surface area (Å²) in [6.45, 7) is 2.38. The summed E-state index contributed by atoms with van der Waals surface area (Å²) >= 11 is 5.87. The van der Waals surface area contributed by atoms with Crippen LogP contribution in [0.3, 0.4) is 0 Å². The summed E-state index contributed by atoms with van der Waals surface area (Å²) in [4.78, 5) is 29.0. The lowest BCUT2D eigenvalue weighted by atomic mass is 9.96. The van der Waals surface area contributed by atoms with Gasteiger partial charge in [-0.25, -0.2) is 0 Å². The standard InChI is InChI=1S/C25H24ClN3O2/c26-21-11-13-22(14-12-21)27-24(30)25(31)29-17-15-28(16-18-29)23(19-7-3-1-4-8-19)20-9-5-2-6-10-20/h1-14,23H,15-18H2,(H,27,30). The molecule has 0 aromatic heterocycles. The predicted octanol–water partition coefficient (Wildman–Crippen LogP) is 4.21. The van der Waals surface area contributed by atoms with Gasteiger partial charge in [-0.2, -0.15) is 0 Å². The summed E-state index contributed by atoms with van der Waals surface area (Å²) in [7, 11) is 0. The molecule has 3 aromatic rings. The van der Waals surface area contributed by atoms with Crippen LogP contribution in [0.5, 0.6) is 0 Å². The van der Waals surface area contributed by atoms with Crippen molar-refractivity contribution in [2.24, 2.45) is 0 Å². The molecule has 5 nitrogen and oxygen atoms in total. The van der Waals surface area contributed by atoms with E-state index in [0.717, 1.165) is 0 Å². The Labute approximate surface area is 187 Å². The van der Waals surface area contributed by atoms with Gasteiger partial charge >= 0.3 is 11.8 Å². The van der Waals surface area contributed by atoms with Gasteiger partial charge in [0.1, 0.15) is 0 Å². The molecule has 0 bridgehead atoms. The van der Waals surface area contributed by atoms with Crippen LogP contribution in [-0.4, -0.2) is 47.8 Å². The van der Waals surface area contributed by atoms with Crippen molar-refractivity contribution in [3.63, 3.8) is 0 Å². The Morgan fingerprint density at radius 2 is 1.26 bits per heavy atom. The van der Waals surface area contributed by atoms with E-state index in [1.54, 1.807) is 29.2 Å². The Kier molecular flexibility index (Phi) is 6.65. The van der Waals surface area contributed by atoms with E-state index in [-0.39, 0.29) is 6.04 Å². The molecule has 1 fully saturated rings. The van der Waals surface area contributed by atoms with Crippen LogP contribution in [0.2, 0.25) is 5.02 Å². The summed E-state index contributed by atoms with van der Waals surface area (Å²) in [5.41, 5.74) is 2.98. The zero-order valence-electron chi connectivity index (χ0n) is 17.1. The molecule has 0 saturated carbocycles. The van der Waals surface area contributed by atoms with E-state index in [1.807, 2.05) is 36.4 Å². The first kappa shape index (κ1) is 21.1. The van der Waals surface area contributed by atoms with Gasteiger partial charge in [0.15, 0.2) is 0 Å². The second-order valence-electron chi connectivity index (χ2n) is 7.51. The minimum absolute atomic E-state index is 0.113. The molecule has 1 aliphatic heterocycles. The van der Waals surface area contributed by atoms with Gasteiger partial charge in [0.2, 0.25) is 0 Å². The van der Waals surface area contributed by atoms with Crippen molar-refractivity contribution >= 4 is 29.1 Å². The first-order valence-electron chi connectivity index (χ1n) is 10.3. The van der Waals surface area contributed by atoms with E-state index in [2.05, 4.69) is 34.5 Å². The van der Waals surface area contributed by atoms with E-state index >= 15 is 0 Å². The number of hydrogen-bond acceptors (Lipinski definition) is 3. The first-order chi connectivity index (χ1) is 15.1. The minimum Gasteiger partial charge on any atom is -0.332 e. The quantitative estimate of drug-likeness (QED) is 0.627. The van der Waals surface area contributed by atoms with Crippen LogP contribution in [0.15, 0.2) is 84.9 Å².